The number of rotatable bonds is 8. The van der Waals surface area contributed by atoms with E-state index in [9.17, 15) is 0 Å². The molecule has 1 aromatic heterocycles. The monoisotopic (exact) mass is 940 g/mol. The molecule has 0 atom stereocenters. The Labute approximate surface area is 431 Å². The van der Waals surface area contributed by atoms with Gasteiger partial charge in [-0.1, -0.05) is 224 Å². The van der Waals surface area contributed by atoms with Gasteiger partial charge in [0.15, 0.2) is 0 Å². The Morgan fingerprint density at radius 2 is 0.608 bits per heavy atom. The summed E-state index contributed by atoms with van der Waals surface area (Å²) in [5.41, 5.74) is 21.1. The van der Waals surface area contributed by atoms with Crippen LogP contribution in [0.3, 0.4) is 0 Å². The van der Waals surface area contributed by atoms with Crippen molar-refractivity contribution in [3.05, 3.63) is 336 Å². The highest BCUT2D eigenvalue weighted by molar-refractivity contribution is 6.14. The van der Waals surface area contributed by atoms with Crippen LogP contribution >= 0.6 is 0 Å². The topological polar surface area (TPSA) is 8.17 Å². The van der Waals surface area contributed by atoms with Crippen LogP contribution in [-0.4, -0.2) is 4.57 Å². The molecule has 1 heterocycles. The smallest absolute Gasteiger partial charge is 0.0713 e. The van der Waals surface area contributed by atoms with Crippen LogP contribution in [0, 0.1) is 0 Å². The fourth-order valence-corrected chi connectivity index (χ4v) is 13.3. The Balaban J connectivity index is 0.954. The normalized spacial score (nSPS) is 13.6. The van der Waals surface area contributed by atoms with Crippen molar-refractivity contribution in [3.63, 3.8) is 0 Å². The summed E-state index contributed by atoms with van der Waals surface area (Å²) >= 11 is 0. The molecule has 0 unspecified atom stereocenters. The first-order chi connectivity index (χ1) is 36.7. The van der Waals surface area contributed by atoms with E-state index in [1.165, 1.54) is 99.3 Å². The van der Waals surface area contributed by atoms with Gasteiger partial charge in [-0.3, -0.25) is 0 Å². The Hall–Kier alpha value is -9.50. The summed E-state index contributed by atoms with van der Waals surface area (Å²) in [7, 11) is 0. The number of aromatic nitrogens is 1. The minimum absolute atomic E-state index is 0.500. The number of benzene rings is 12. The fourth-order valence-electron chi connectivity index (χ4n) is 13.3. The number of fused-ring (bicyclic) bond motifs is 10. The van der Waals surface area contributed by atoms with Crippen molar-refractivity contribution >= 4 is 49.6 Å². The van der Waals surface area contributed by atoms with E-state index in [1.807, 2.05) is 0 Å². The zero-order valence-corrected chi connectivity index (χ0v) is 40.6. The largest absolute Gasteiger partial charge is 0.310 e. The van der Waals surface area contributed by atoms with Gasteiger partial charge in [0, 0.05) is 33.5 Å². The van der Waals surface area contributed by atoms with Crippen LogP contribution < -0.4 is 4.90 Å². The highest BCUT2D eigenvalue weighted by Gasteiger charge is 2.47. The van der Waals surface area contributed by atoms with Crippen molar-refractivity contribution in [2.24, 2.45) is 0 Å². The van der Waals surface area contributed by atoms with E-state index in [1.54, 1.807) is 0 Å². The first kappa shape index (κ1) is 42.2. The van der Waals surface area contributed by atoms with Gasteiger partial charge in [0.1, 0.15) is 0 Å². The molecule has 0 spiro atoms. The van der Waals surface area contributed by atoms with Gasteiger partial charge in [-0.2, -0.15) is 0 Å². The molecule has 12 aromatic carbocycles. The van der Waals surface area contributed by atoms with Crippen molar-refractivity contribution in [2.75, 3.05) is 4.90 Å². The standard InChI is InChI=1S/C72H48N2/c1-4-22-51(23-5-1)71(65-32-16-12-28-59(65)60-29-13-17-33-66(60)71)53-36-40-56(41-37-53)73(58-44-45-69-64(48-58)63-46-49-20-10-11-21-50(49)47-70(63)74(69)55-26-8-3-9-27-55)57-42-38-54(39-43-57)72(52-24-6-2-7-25-52)67-34-18-14-30-61(67)62-31-15-19-35-68(62)72/h1-48H. The molecule has 0 bridgehead atoms. The molecule has 0 fully saturated rings. The van der Waals surface area contributed by atoms with Crippen LogP contribution in [0.4, 0.5) is 17.1 Å². The molecule has 0 radical (unpaired) electrons. The van der Waals surface area contributed by atoms with E-state index in [4.69, 9.17) is 0 Å². The van der Waals surface area contributed by atoms with Gasteiger partial charge in [0.05, 0.1) is 21.9 Å². The van der Waals surface area contributed by atoms with Gasteiger partial charge in [-0.15, -0.1) is 0 Å². The number of para-hydroxylation sites is 1. The Morgan fingerprint density at radius 3 is 1.07 bits per heavy atom. The first-order valence-corrected chi connectivity index (χ1v) is 25.7. The lowest BCUT2D eigenvalue weighted by Gasteiger charge is -2.35. The first-order valence-electron chi connectivity index (χ1n) is 25.7. The second-order valence-electron chi connectivity index (χ2n) is 19.9. The van der Waals surface area contributed by atoms with Crippen LogP contribution in [0.2, 0.25) is 0 Å². The Morgan fingerprint density at radius 1 is 0.257 bits per heavy atom. The van der Waals surface area contributed by atoms with Gasteiger partial charge >= 0.3 is 0 Å². The molecular formula is C72H48N2. The number of nitrogens with zero attached hydrogens (tertiary/aromatic N) is 2. The quantitative estimate of drug-likeness (QED) is 0.147. The maximum atomic E-state index is 2.46. The van der Waals surface area contributed by atoms with E-state index in [2.05, 4.69) is 301 Å². The van der Waals surface area contributed by atoms with Crippen molar-refractivity contribution in [1.29, 1.82) is 0 Å². The summed E-state index contributed by atoms with van der Waals surface area (Å²) in [6.45, 7) is 0. The molecule has 2 aliphatic rings. The lowest BCUT2D eigenvalue weighted by molar-refractivity contribution is 0.768. The highest BCUT2D eigenvalue weighted by Crippen LogP contribution is 2.58. The zero-order chi connectivity index (χ0) is 48.8. The third-order valence-corrected chi connectivity index (χ3v) is 16.3. The van der Waals surface area contributed by atoms with Crippen LogP contribution in [0.25, 0.3) is 60.5 Å². The molecule has 0 saturated carbocycles. The van der Waals surface area contributed by atoms with Gasteiger partial charge in [0.2, 0.25) is 0 Å². The van der Waals surface area contributed by atoms with Crippen molar-refractivity contribution in [2.45, 2.75) is 10.8 Å². The summed E-state index contributed by atoms with van der Waals surface area (Å²) in [6.07, 6.45) is 0. The number of hydrogen-bond donors (Lipinski definition) is 0. The lowest BCUT2D eigenvalue weighted by atomic mass is 9.67. The minimum Gasteiger partial charge on any atom is -0.310 e. The third kappa shape index (κ3) is 6.00. The number of hydrogen-bond acceptors (Lipinski definition) is 1. The van der Waals surface area contributed by atoms with E-state index in [-0.39, 0.29) is 0 Å². The molecule has 0 N–H and O–H groups in total. The molecule has 346 valence electrons. The second-order valence-corrected chi connectivity index (χ2v) is 19.9. The average molecular weight is 941 g/mol. The van der Waals surface area contributed by atoms with E-state index in [0.717, 1.165) is 22.7 Å². The molecule has 74 heavy (non-hydrogen) atoms. The summed E-state index contributed by atoms with van der Waals surface area (Å²) in [5.74, 6) is 0. The van der Waals surface area contributed by atoms with E-state index in [0.29, 0.717) is 0 Å². The van der Waals surface area contributed by atoms with Crippen LogP contribution in [0.1, 0.15) is 44.5 Å². The average Bonchev–Trinajstić information content (AvgIpc) is 4.10. The summed E-state index contributed by atoms with van der Waals surface area (Å²) in [6, 6.07) is 108. The van der Waals surface area contributed by atoms with E-state index < -0.39 is 10.8 Å². The SMILES string of the molecule is c1ccc(-n2c3ccc(N(c4ccc(C5(c6ccccc6)c6ccccc6-c6ccccc65)cc4)c4ccc(C5(c6ccccc6)c6ccccc6-c6ccccc65)cc4)cc3c3cc4ccccc4cc32)cc1. The molecular weight excluding hydrogens is 893 g/mol. The molecule has 13 aromatic rings. The lowest BCUT2D eigenvalue weighted by Crippen LogP contribution is -2.28. The fraction of sp³-hybridized carbons (Fsp3) is 0.0278. The summed E-state index contributed by atoms with van der Waals surface area (Å²) in [5, 5.41) is 4.88. The predicted octanol–water partition coefficient (Wildman–Crippen LogP) is 18.1. The molecule has 15 rings (SSSR count). The molecule has 2 aliphatic carbocycles. The molecule has 0 amide bonds. The molecule has 0 aliphatic heterocycles. The summed E-state index contributed by atoms with van der Waals surface area (Å²) < 4.78 is 2.43. The van der Waals surface area contributed by atoms with Gasteiger partial charge in [-0.05, 0) is 144 Å². The van der Waals surface area contributed by atoms with Gasteiger partial charge in [-0.25, -0.2) is 0 Å². The number of anilines is 3. The minimum atomic E-state index is -0.500. The van der Waals surface area contributed by atoms with Crippen molar-refractivity contribution in [3.8, 4) is 27.9 Å². The van der Waals surface area contributed by atoms with Crippen molar-refractivity contribution in [1.82, 2.24) is 4.57 Å². The maximum Gasteiger partial charge on any atom is 0.0713 e. The van der Waals surface area contributed by atoms with E-state index >= 15 is 0 Å². The highest BCUT2D eigenvalue weighted by atomic mass is 15.1. The van der Waals surface area contributed by atoms with Crippen LogP contribution in [0.5, 0.6) is 0 Å². The molecule has 2 nitrogen and oxygen atoms in total. The second kappa shape index (κ2) is 16.5. The Kier molecular flexibility index (Phi) is 9.43. The third-order valence-electron chi connectivity index (χ3n) is 16.3. The zero-order valence-electron chi connectivity index (χ0n) is 40.6. The van der Waals surface area contributed by atoms with Gasteiger partial charge in [0.25, 0.3) is 0 Å². The Bertz CT molecular complexity index is 4010. The maximum absolute atomic E-state index is 2.46. The van der Waals surface area contributed by atoms with Gasteiger partial charge < -0.3 is 9.47 Å². The van der Waals surface area contributed by atoms with Crippen LogP contribution in [0.15, 0.2) is 291 Å². The van der Waals surface area contributed by atoms with Crippen LogP contribution in [-0.2, 0) is 10.8 Å². The molecule has 2 heteroatoms. The molecule has 0 saturated heterocycles. The van der Waals surface area contributed by atoms with Crippen molar-refractivity contribution < 1.29 is 0 Å². The predicted molar refractivity (Wildman–Crippen MR) is 308 cm³/mol. The summed E-state index contributed by atoms with van der Waals surface area (Å²) in [4.78, 5) is 2.46.